The highest BCUT2D eigenvalue weighted by molar-refractivity contribution is 9.09. The van der Waals surface area contributed by atoms with Crippen LogP contribution in [0.5, 0.6) is 0 Å². The number of rotatable bonds is 3. The number of carbonyl (C=O) groups excluding carboxylic acids is 1. The third-order valence-corrected chi connectivity index (χ3v) is 3.47. The Labute approximate surface area is 116 Å². The van der Waals surface area contributed by atoms with Crippen LogP contribution in [0.25, 0.3) is 0 Å². The molecule has 0 radical (unpaired) electrons. The number of halogens is 3. The number of hydrogen-bond acceptors (Lipinski definition) is 3. The molecule has 2 aromatic rings. The van der Waals surface area contributed by atoms with Gasteiger partial charge in [0.05, 0.1) is 5.02 Å². The highest BCUT2D eigenvalue weighted by Crippen LogP contribution is 2.27. The van der Waals surface area contributed by atoms with E-state index in [9.17, 15) is 4.79 Å². The van der Waals surface area contributed by atoms with E-state index in [1.807, 2.05) is 0 Å². The molecule has 0 saturated carbocycles. The van der Waals surface area contributed by atoms with Crippen LogP contribution >= 0.6 is 39.1 Å². The van der Waals surface area contributed by atoms with Crippen LogP contribution in [0.3, 0.4) is 0 Å². The SMILES string of the molecule is O=C(c1ccc(Cl)cc1Cl)C(Br)n1cncn1. The summed E-state index contributed by atoms with van der Waals surface area (Å²) in [5.74, 6) is -0.211. The average Bonchev–Trinajstić information content (AvgIpc) is 2.80. The first-order valence-electron chi connectivity index (χ1n) is 4.57. The Morgan fingerprint density at radius 3 is 2.76 bits per heavy atom. The lowest BCUT2D eigenvalue weighted by Crippen LogP contribution is -2.15. The molecule has 7 heteroatoms. The van der Waals surface area contributed by atoms with Crippen molar-refractivity contribution in [1.82, 2.24) is 14.8 Å². The number of Topliss-reactive ketones (excluding diaryl/α,β-unsaturated/α-hetero) is 1. The molecule has 0 saturated heterocycles. The normalized spacial score (nSPS) is 12.4. The van der Waals surface area contributed by atoms with Crippen molar-refractivity contribution < 1.29 is 4.79 Å². The molecular weight excluding hydrogens is 329 g/mol. The van der Waals surface area contributed by atoms with Crippen molar-refractivity contribution in [3.8, 4) is 0 Å². The van der Waals surface area contributed by atoms with Gasteiger partial charge in [-0.2, -0.15) is 5.10 Å². The lowest BCUT2D eigenvalue weighted by atomic mass is 10.1. The Kier molecular flexibility index (Phi) is 3.81. The average molecular weight is 335 g/mol. The molecule has 0 amide bonds. The Balaban J connectivity index is 2.31. The molecule has 0 aliphatic rings. The zero-order chi connectivity index (χ0) is 12.4. The van der Waals surface area contributed by atoms with Crippen molar-refractivity contribution in [2.45, 2.75) is 4.95 Å². The van der Waals surface area contributed by atoms with Crippen LogP contribution in [0.1, 0.15) is 15.3 Å². The van der Waals surface area contributed by atoms with Gasteiger partial charge >= 0.3 is 0 Å². The molecule has 0 bridgehead atoms. The molecule has 0 N–H and O–H groups in total. The fourth-order valence-electron chi connectivity index (χ4n) is 1.27. The van der Waals surface area contributed by atoms with Gasteiger partial charge < -0.3 is 0 Å². The van der Waals surface area contributed by atoms with Gasteiger partial charge in [0.1, 0.15) is 12.7 Å². The molecule has 1 aromatic carbocycles. The smallest absolute Gasteiger partial charge is 0.199 e. The minimum Gasteiger partial charge on any atom is -0.291 e. The number of benzene rings is 1. The minimum atomic E-state index is -0.635. The lowest BCUT2D eigenvalue weighted by Gasteiger charge is -2.09. The molecule has 0 fully saturated rings. The third kappa shape index (κ3) is 2.68. The quantitative estimate of drug-likeness (QED) is 0.638. The summed E-state index contributed by atoms with van der Waals surface area (Å²) in [6, 6.07) is 4.72. The molecule has 0 aliphatic carbocycles. The van der Waals surface area contributed by atoms with Gasteiger partial charge in [-0.25, -0.2) is 9.67 Å². The molecule has 17 heavy (non-hydrogen) atoms. The van der Waals surface area contributed by atoms with Gasteiger partial charge in [0.15, 0.2) is 10.7 Å². The zero-order valence-electron chi connectivity index (χ0n) is 8.35. The first-order valence-corrected chi connectivity index (χ1v) is 6.24. The zero-order valence-corrected chi connectivity index (χ0v) is 11.4. The van der Waals surface area contributed by atoms with Crippen molar-refractivity contribution in [3.63, 3.8) is 0 Å². The molecule has 1 aromatic heterocycles. The molecule has 0 aliphatic heterocycles. The first kappa shape index (κ1) is 12.5. The summed E-state index contributed by atoms with van der Waals surface area (Å²) >= 11 is 15.0. The van der Waals surface area contributed by atoms with E-state index < -0.39 is 4.95 Å². The number of carbonyl (C=O) groups is 1. The molecule has 0 spiro atoms. The van der Waals surface area contributed by atoms with Crippen LogP contribution in [0, 0.1) is 0 Å². The minimum absolute atomic E-state index is 0.211. The van der Waals surface area contributed by atoms with Crippen LogP contribution in [0.15, 0.2) is 30.9 Å². The molecule has 4 nitrogen and oxygen atoms in total. The van der Waals surface area contributed by atoms with E-state index in [1.54, 1.807) is 12.1 Å². The van der Waals surface area contributed by atoms with Gasteiger partial charge in [-0.05, 0) is 18.2 Å². The van der Waals surface area contributed by atoms with Gasteiger partial charge in [-0.1, -0.05) is 39.1 Å². The Hall–Kier alpha value is -0.910. The first-order chi connectivity index (χ1) is 8.09. The summed E-state index contributed by atoms with van der Waals surface area (Å²) in [5.41, 5.74) is 0.383. The number of ketones is 1. The monoisotopic (exact) mass is 333 g/mol. The maximum atomic E-state index is 12.1. The van der Waals surface area contributed by atoms with E-state index in [2.05, 4.69) is 26.0 Å². The van der Waals surface area contributed by atoms with E-state index in [4.69, 9.17) is 23.2 Å². The van der Waals surface area contributed by atoms with E-state index in [1.165, 1.54) is 23.4 Å². The predicted molar refractivity (Wildman–Crippen MR) is 68.8 cm³/mol. The van der Waals surface area contributed by atoms with Gasteiger partial charge in [-0.3, -0.25) is 4.79 Å². The second-order valence-corrected chi connectivity index (χ2v) is 4.91. The van der Waals surface area contributed by atoms with E-state index in [0.717, 1.165) is 0 Å². The van der Waals surface area contributed by atoms with Gasteiger partial charge in [0, 0.05) is 10.6 Å². The molecular formula is C10H6BrCl2N3O. The maximum Gasteiger partial charge on any atom is 0.199 e. The van der Waals surface area contributed by atoms with E-state index >= 15 is 0 Å². The summed E-state index contributed by atoms with van der Waals surface area (Å²) in [6.07, 6.45) is 2.80. The summed E-state index contributed by atoms with van der Waals surface area (Å²) in [7, 11) is 0. The summed E-state index contributed by atoms with van der Waals surface area (Å²) < 4.78 is 1.40. The number of aromatic nitrogens is 3. The molecule has 88 valence electrons. The van der Waals surface area contributed by atoms with Crippen molar-refractivity contribution in [2.24, 2.45) is 0 Å². The van der Waals surface area contributed by atoms with Crippen molar-refractivity contribution >= 4 is 44.9 Å². The second kappa shape index (κ2) is 5.16. The Morgan fingerprint density at radius 2 is 2.18 bits per heavy atom. The van der Waals surface area contributed by atoms with E-state index in [0.29, 0.717) is 15.6 Å². The molecule has 1 atom stereocenters. The molecule has 1 unspecified atom stereocenters. The predicted octanol–water partition coefficient (Wildman–Crippen LogP) is 3.36. The van der Waals surface area contributed by atoms with Crippen LogP contribution in [-0.4, -0.2) is 20.5 Å². The van der Waals surface area contributed by atoms with Crippen molar-refractivity contribution in [3.05, 3.63) is 46.5 Å². The third-order valence-electron chi connectivity index (χ3n) is 2.08. The van der Waals surface area contributed by atoms with Crippen molar-refractivity contribution in [1.29, 1.82) is 0 Å². The summed E-state index contributed by atoms with van der Waals surface area (Å²) in [5, 5.41) is 4.68. The fourth-order valence-corrected chi connectivity index (χ4v) is 2.23. The maximum absolute atomic E-state index is 12.1. The van der Waals surface area contributed by atoms with Gasteiger partial charge in [-0.15, -0.1) is 0 Å². The van der Waals surface area contributed by atoms with Gasteiger partial charge in [0.2, 0.25) is 0 Å². The number of hydrogen-bond donors (Lipinski definition) is 0. The van der Waals surface area contributed by atoms with Gasteiger partial charge in [0.25, 0.3) is 0 Å². The van der Waals surface area contributed by atoms with Crippen molar-refractivity contribution in [2.75, 3.05) is 0 Å². The number of nitrogens with zero attached hydrogens (tertiary/aromatic N) is 3. The topological polar surface area (TPSA) is 47.8 Å². The highest BCUT2D eigenvalue weighted by atomic mass is 79.9. The Bertz CT molecular complexity index is 544. The van der Waals surface area contributed by atoms with Crippen LogP contribution in [0.4, 0.5) is 0 Å². The lowest BCUT2D eigenvalue weighted by molar-refractivity contribution is 0.0965. The van der Waals surface area contributed by atoms with Crippen LogP contribution in [0.2, 0.25) is 10.0 Å². The Morgan fingerprint density at radius 1 is 1.41 bits per heavy atom. The number of alkyl halides is 1. The van der Waals surface area contributed by atoms with Crippen LogP contribution in [-0.2, 0) is 0 Å². The molecule has 1 heterocycles. The van der Waals surface area contributed by atoms with E-state index in [-0.39, 0.29) is 5.78 Å². The largest absolute Gasteiger partial charge is 0.291 e. The summed E-state index contributed by atoms with van der Waals surface area (Å²) in [4.78, 5) is 15.2. The highest BCUT2D eigenvalue weighted by Gasteiger charge is 2.21. The molecule has 2 rings (SSSR count). The second-order valence-electron chi connectivity index (χ2n) is 3.20. The van der Waals surface area contributed by atoms with Crippen LogP contribution < -0.4 is 0 Å². The fraction of sp³-hybridized carbons (Fsp3) is 0.100. The standard InChI is InChI=1S/C10H6BrCl2N3O/c11-10(16-5-14-4-15-16)9(17)7-2-1-6(12)3-8(7)13/h1-5,10H. The summed E-state index contributed by atoms with van der Waals surface area (Å²) in [6.45, 7) is 0.